The van der Waals surface area contributed by atoms with Gasteiger partial charge in [-0.25, -0.2) is 4.98 Å². The van der Waals surface area contributed by atoms with Crippen LogP contribution in [0.5, 0.6) is 0 Å². The van der Waals surface area contributed by atoms with Gasteiger partial charge in [0, 0.05) is 25.2 Å². The van der Waals surface area contributed by atoms with Crippen LogP contribution in [0.4, 0.5) is 5.82 Å². The van der Waals surface area contributed by atoms with E-state index in [1.54, 1.807) is 12.1 Å². The zero-order valence-corrected chi connectivity index (χ0v) is 11.3. The molecule has 6 nitrogen and oxygen atoms in total. The highest BCUT2D eigenvalue weighted by Gasteiger charge is 2.08. The van der Waals surface area contributed by atoms with E-state index < -0.39 is 0 Å². The van der Waals surface area contributed by atoms with Gasteiger partial charge in [0.2, 0.25) is 5.91 Å². The van der Waals surface area contributed by atoms with E-state index >= 15 is 0 Å². The summed E-state index contributed by atoms with van der Waals surface area (Å²) in [6, 6.07) is 3.31. The lowest BCUT2D eigenvalue weighted by atomic mass is 10.2. The molecule has 19 heavy (non-hydrogen) atoms. The fourth-order valence-electron chi connectivity index (χ4n) is 1.38. The van der Waals surface area contributed by atoms with E-state index in [2.05, 4.69) is 15.6 Å². The topological polar surface area (TPSA) is 97.1 Å². The van der Waals surface area contributed by atoms with Gasteiger partial charge >= 0.3 is 0 Å². The molecule has 0 aliphatic heterocycles. The van der Waals surface area contributed by atoms with Crippen molar-refractivity contribution in [3.8, 4) is 0 Å². The number of rotatable bonds is 6. The standard InChI is InChI=1S/C13H20N4O2/c1-3-9(2)17-12(18)6-7-15-13(19)10-4-5-11(14)16-8-10/h4-5,8-9H,3,6-7H2,1-2H3,(H2,14,16)(H,15,19)(H,17,18). The Bertz CT molecular complexity index is 431. The van der Waals surface area contributed by atoms with Crippen molar-refractivity contribution in [2.75, 3.05) is 12.3 Å². The van der Waals surface area contributed by atoms with Gasteiger partial charge in [0.25, 0.3) is 5.91 Å². The minimum Gasteiger partial charge on any atom is -0.384 e. The number of anilines is 1. The highest BCUT2D eigenvalue weighted by atomic mass is 16.2. The molecule has 104 valence electrons. The number of nitrogens with two attached hydrogens (primary N) is 1. The molecule has 0 aliphatic carbocycles. The molecule has 0 aromatic carbocycles. The summed E-state index contributed by atoms with van der Waals surface area (Å²) < 4.78 is 0. The van der Waals surface area contributed by atoms with Crippen LogP contribution >= 0.6 is 0 Å². The first-order valence-electron chi connectivity index (χ1n) is 6.32. The number of amides is 2. The third kappa shape index (κ3) is 5.37. The Morgan fingerprint density at radius 1 is 1.42 bits per heavy atom. The van der Waals surface area contributed by atoms with Gasteiger partial charge in [0.05, 0.1) is 5.56 Å². The summed E-state index contributed by atoms with van der Waals surface area (Å²) in [4.78, 5) is 27.0. The van der Waals surface area contributed by atoms with Gasteiger partial charge in [-0.2, -0.15) is 0 Å². The summed E-state index contributed by atoms with van der Waals surface area (Å²) in [5.74, 6) is 0.0402. The van der Waals surface area contributed by atoms with Crippen LogP contribution in [0.1, 0.15) is 37.0 Å². The second-order valence-electron chi connectivity index (χ2n) is 4.35. The van der Waals surface area contributed by atoms with Crippen LogP contribution in [0.2, 0.25) is 0 Å². The molecule has 1 unspecified atom stereocenters. The average Bonchev–Trinajstić information content (AvgIpc) is 2.39. The van der Waals surface area contributed by atoms with E-state index in [4.69, 9.17) is 5.73 Å². The molecule has 0 radical (unpaired) electrons. The molecule has 1 atom stereocenters. The maximum absolute atomic E-state index is 11.7. The van der Waals surface area contributed by atoms with Crippen LogP contribution in [0, 0.1) is 0 Å². The molecule has 1 rings (SSSR count). The van der Waals surface area contributed by atoms with E-state index in [0.717, 1.165) is 6.42 Å². The molecule has 1 aromatic heterocycles. The van der Waals surface area contributed by atoms with Crippen LogP contribution in [0.25, 0.3) is 0 Å². The van der Waals surface area contributed by atoms with Crippen molar-refractivity contribution in [2.24, 2.45) is 0 Å². The van der Waals surface area contributed by atoms with Gasteiger partial charge in [-0.05, 0) is 25.5 Å². The first-order valence-corrected chi connectivity index (χ1v) is 6.32. The first-order chi connectivity index (χ1) is 9.02. The van der Waals surface area contributed by atoms with Gasteiger partial charge < -0.3 is 16.4 Å². The average molecular weight is 264 g/mol. The molecule has 0 aliphatic rings. The number of nitrogens with zero attached hydrogens (tertiary/aromatic N) is 1. The van der Waals surface area contributed by atoms with Crippen molar-refractivity contribution >= 4 is 17.6 Å². The number of hydrogen-bond donors (Lipinski definition) is 3. The number of pyridine rings is 1. The molecule has 1 heterocycles. The summed E-state index contributed by atoms with van der Waals surface area (Å²) in [7, 11) is 0. The van der Waals surface area contributed by atoms with Crippen molar-refractivity contribution in [1.29, 1.82) is 0 Å². The van der Waals surface area contributed by atoms with E-state index in [1.807, 2.05) is 13.8 Å². The summed E-state index contributed by atoms with van der Waals surface area (Å²) in [5, 5.41) is 5.49. The predicted octanol–water partition coefficient (Wildman–Crippen LogP) is 0.698. The van der Waals surface area contributed by atoms with E-state index in [9.17, 15) is 9.59 Å². The minimum absolute atomic E-state index is 0.0647. The second-order valence-corrected chi connectivity index (χ2v) is 4.35. The molecule has 0 bridgehead atoms. The summed E-state index contributed by atoms with van der Waals surface area (Å²) in [6.07, 6.45) is 2.55. The molecule has 0 spiro atoms. The number of carbonyl (C=O) groups is 2. The van der Waals surface area contributed by atoms with E-state index in [0.29, 0.717) is 17.9 Å². The van der Waals surface area contributed by atoms with Gasteiger partial charge in [-0.1, -0.05) is 6.92 Å². The number of carbonyl (C=O) groups excluding carboxylic acids is 2. The smallest absolute Gasteiger partial charge is 0.252 e. The predicted molar refractivity (Wildman–Crippen MR) is 73.5 cm³/mol. The normalized spacial score (nSPS) is 11.7. The van der Waals surface area contributed by atoms with Gasteiger partial charge in [-0.3, -0.25) is 9.59 Å². The Hall–Kier alpha value is -2.11. The molecule has 2 amide bonds. The van der Waals surface area contributed by atoms with Crippen LogP contribution in [-0.2, 0) is 4.79 Å². The lowest BCUT2D eigenvalue weighted by molar-refractivity contribution is -0.121. The fourth-order valence-corrected chi connectivity index (χ4v) is 1.38. The lowest BCUT2D eigenvalue weighted by Gasteiger charge is -2.11. The highest BCUT2D eigenvalue weighted by molar-refractivity contribution is 5.94. The second kappa shape index (κ2) is 7.35. The Labute approximate surface area is 112 Å². The van der Waals surface area contributed by atoms with Crippen LogP contribution < -0.4 is 16.4 Å². The SMILES string of the molecule is CCC(C)NC(=O)CCNC(=O)c1ccc(N)nc1. The van der Waals surface area contributed by atoms with Crippen LogP contribution in [-0.4, -0.2) is 29.4 Å². The summed E-state index contributed by atoms with van der Waals surface area (Å²) in [5.41, 5.74) is 5.86. The number of hydrogen-bond acceptors (Lipinski definition) is 4. The molecular formula is C13H20N4O2. The fraction of sp³-hybridized carbons (Fsp3) is 0.462. The zero-order chi connectivity index (χ0) is 14.3. The van der Waals surface area contributed by atoms with E-state index in [-0.39, 0.29) is 24.3 Å². The Morgan fingerprint density at radius 3 is 2.74 bits per heavy atom. The third-order valence-electron chi connectivity index (χ3n) is 2.71. The first kappa shape index (κ1) is 14.9. The molecule has 0 fully saturated rings. The molecule has 0 saturated carbocycles. The quantitative estimate of drug-likeness (QED) is 0.704. The van der Waals surface area contributed by atoms with Gasteiger partial charge in [0.15, 0.2) is 0 Å². The summed E-state index contributed by atoms with van der Waals surface area (Å²) in [6.45, 7) is 4.24. The zero-order valence-electron chi connectivity index (χ0n) is 11.3. The number of nitrogens with one attached hydrogen (secondary N) is 2. The Morgan fingerprint density at radius 2 is 2.16 bits per heavy atom. The largest absolute Gasteiger partial charge is 0.384 e. The minimum atomic E-state index is -0.260. The molecule has 6 heteroatoms. The van der Waals surface area contributed by atoms with Crippen molar-refractivity contribution in [3.63, 3.8) is 0 Å². The van der Waals surface area contributed by atoms with Gasteiger partial charge in [0.1, 0.15) is 5.82 Å². The van der Waals surface area contributed by atoms with Crippen molar-refractivity contribution in [3.05, 3.63) is 23.9 Å². The van der Waals surface area contributed by atoms with Gasteiger partial charge in [-0.15, -0.1) is 0 Å². The maximum atomic E-state index is 11.7. The molecule has 1 aromatic rings. The Balaban J connectivity index is 2.31. The number of nitrogen functional groups attached to an aromatic ring is 1. The van der Waals surface area contributed by atoms with Crippen molar-refractivity contribution in [1.82, 2.24) is 15.6 Å². The van der Waals surface area contributed by atoms with Crippen LogP contribution in [0.3, 0.4) is 0 Å². The third-order valence-corrected chi connectivity index (χ3v) is 2.71. The Kier molecular flexibility index (Phi) is 5.78. The highest BCUT2D eigenvalue weighted by Crippen LogP contribution is 2.00. The van der Waals surface area contributed by atoms with Crippen LogP contribution in [0.15, 0.2) is 18.3 Å². The molecular weight excluding hydrogens is 244 g/mol. The molecule has 0 saturated heterocycles. The monoisotopic (exact) mass is 264 g/mol. The lowest BCUT2D eigenvalue weighted by Crippen LogP contribution is -2.35. The number of aromatic nitrogens is 1. The van der Waals surface area contributed by atoms with E-state index in [1.165, 1.54) is 6.20 Å². The van der Waals surface area contributed by atoms with Crippen molar-refractivity contribution < 1.29 is 9.59 Å². The maximum Gasteiger partial charge on any atom is 0.252 e. The van der Waals surface area contributed by atoms with Crippen molar-refractivity contribution in [2.45, 2.75) is 32.7 Å². The summed E-state index contributed by atoms with van der Waals surface area (Å²) >= 11 is 0. The molecule has 4 N–H and O–H groups in total.